The predicted molar refractivity (Wildman–Crippen MR) is 90.7 cm³/mol. The van der Waals surface area contributed by atoms with Crippen LogP contribution in [0.15, 0.2) is 48.5 Å². The van der Waals surface area contributed by atoms with Crippen molar-refractivity contribution in [1.29, 1.82) is 0 Å². The number of rotatable bonds is 2. The molecule has 2 aromatic rings. The van der Waals surface area contributed by atoms with Gasteiger partial charge in [0.15, 0.2) is 0 Å². The fourth-order valence-corrected chi connectivity index (χ4v) is 3.00. The Morgan fingerprint density at radius 3 is 2.54 bits per heavy atom. The summed E-state index contributed by atoms with van der Waals surface area (Å²) in [6, 6.07) is 11.8. The Labute approximate surface area is 144 Å². The van der Waals surface area contributed by atoms with Gasteiger partial charge in [-0.15, -0.1) is 0 Å². The first-order chi connectivity index (χ1) is 11.5. The maximum atomic E-state index is 13.0. The molecule has 0 radical (unpaired) electrons. The second kappa shape index (κ2) is 6.61. The van der Waals surface area contributed by atoms with Gasteiger partial charge in [-0.3, -0.25) is 9.59 Å². The zero-order valence-corrected chi connectivity index (χ0v) is 13.8. The minimum atomic E-state index is -0.602. The predicted octanol–water partition coefficient (Wildman–Crippen LogP) is 3.36. The zero-order chi connectivity index (χ0) is 17.3. The van der Waals surface area contributed by atoms with E-state index in [0.29, 0.717) is 29.4 Å². The number of carbonyl (C=O) groups excluding carboxylic acids is 2. The number of hydrogen-bond acceptors (Lipinski definition) is 2. The summed E-state index contributed by atoms with van der Waals surface area (Å²) in [6.07, 6.45) is 0. The summed E-state index contributed by atoms with van der Waals surface area (Å²) in [6.45, 7) is 2.46. The van der Waals surface area contributed by atoms with Crippen LogP contribution in [0.1, 0.15) is 17.3 Å². The first kappa shape index (κ1) is 16.5. The standard InChI is InChI=1S/C18H16ClFN2O2/c1-12-17(23)22(16-7-5-15(20)6-8-16)10-9-21(12)18(24)13-3-2-4-14(19)11-13/h2-8,11-12H,9-10H2,1H3/t12-/m0/s1. The molecule has 1 heterocycles. The Hall–Kier alpha value is -2.40. The number of hydrogen-bond donors (Lipinski definition) is 0. The number of anilines is 1. The molecule has 24 heavy (non-hydrogen) atoms. The van der Waals surface area contributed by atoms with Gasteiger partial charge in [0.2, 0.25) is 5.91 Å². The third kappa shape index (κ3) is 3.12. The molecule has 0 spiro atoms. The molecule has 2 aromatic carbocycles. The Kier molecular flexibility index (Phi) is 4.53. The quantitative estimate of drug-likeness (QED) is 0.836. The molecule has 1 fully saturated rings. The van der Waals surface area contributed by atoms with Crippen LogP contribution in [0.3, 0.4) is 0 Å². The Balaban J connectivity index is 1.79. The summed E-state index contributed by atoms with van der Waals surface area (Å²) in [5.41, 5.74) is 1.08. The average molecular weight is 347 g/mol. The average Bonchev–Trinajstić information content (AvgIpc) is 2.58. The second-order valence-electron chi connectivity index (χ2n) is 5.65. The van der Waals surface area contributed by atoms with E-state index in [-0.39, 0.29) is 17.6 Å². The maximum Gasteiger partial charge on any atom is 0.254 e. The molecule has 3 rings (SSSR count). The van der Waals surface area contributed by atoms with E-state index in [0.717, 1.165) is 0 Å². The van der Waals surface area contributed by atoms with Gasteiger partial charge in [-0.1, -0.05) is 17.7 Å². The van der Waals surface area contributed by atoms with Crippen LogP contribution < -0.4 is 4.90 Å². The smallest absolute Gasteiger partial charge is 0.254 e. The molecule has 1 atom stereocenters. The van der Waals surface area contributed by atoms with Crippen LogP contribution in [-0.4, -0.2) is 35.8 Å². The van der Waals surface area contributed by atoms with Crippen LogP contribution in [0.25, 0.3) is 0 Å². The second-order valence-corrected chi connectivity index (χ2v) is 6.09. The van der Waals surface area contributed by atoms with Gasteiger partial charge in [0.25, 0.3) is 5.91 Å². The normalized spacial score (nSPS) is 18.0. The molecule has 0 saturated carbocycles. The Morgan fingerprint density at radius 2 is 1.88 bits per heavy atom. The summed E-state index contributed by atoms with van der Waals surface area (Å²) in [5.74, 6) is -0.769. The van der Waals surface area contributed by atoms with E-state index in [9.17, 15) is 14.0 Å². The van der Waals surface area contributed by atoms with Gasteiger partial charge >= 0.3 is 0 Å². The van der Waals surface area contributed by atoms with Gasteiger partial charge in [-0.05, 0) is 49.4 Å². The third-order valence-corrected chi connectivity index (χ3v) is 4.36. The summed E-state index contributed by atoms with van der Waals surface area (Å²) in [5, 5.41) is 0.477. The van der Waals surface area contributed by atoms with Crippen molar-refractivity contribution in [3.8, 4) is 0 Å². The molecule has 124 valence electrons. The van der Waals surface area contributed by atoms with Gasteiger partial charge in [-0.2, -0.15) is 0 Å². The summed E-state index contributed by atoms with van der Waals surface area (Å²) < 4.78 is 13.0. The number of piperazine rings is 1. The minimum Gasteiger partial charge on any atom is -0.325 e. The third-order valence-electron chi connectivity index (χ3n) is 4.13. The molecular formula is C18H16ClFN2O2. The van der Waals surface area contributed by atoms with Crippen LogP contribution in [0.5, 0.6) is 0 Å². The van der Waals surface area contributed by atoms with Crippen molar-refractivity contribution in [2.75, 3.05) is 18.0 Å². The highest BCUT2D eigenvalue weighted by Crippen LogP contribution is 2.22. The highest BCUT2D eigenvalue weighted by atomic mass is 35.5. The van der Waals surface area contributed by atoms with Crippen molar-refractivity contribution in [1.82, 2.24) is 4.90 Å². The van der Waals surface area contributed by atoms with E-state index in [1.807, 2.05) is 0 Å². The first-order valence-corrected chi connectivity index (χ1v) is 7.98. The lowest BCUT2D eigenvalue weighted by atomic mass is 10.1. The largest absolute Gasteiger partial charge is 0.325 e. The molecule has 4 nitrogen and oxygen atoms in total. The summed E-state index contributed by atoms with van der Waals surface area (Å²) in [7, 11) is 0. The number of halogens is 2. The summed E-state index contributed by atoms with van der Waals surface area (Å²) in [4.78, 5) is 28.4. The highest BCUT2D eigenvalue weighted by molar-refractivity contribution is 6.31. The topological polar surface area (TPSA) is 40.6 Å². The molecule has 0 aromatic heterocycles. The van der Waals surface area contributed by atoms with Crippen molar-refractivity contribution >= 4 is 29.1 Å². The molecule has 2 amide bonds. The SMILES string of the molecule is C[C@H]1C(=O)N(c2ccc(F)cc2)CCN1C(=O)c1cccc(Cl)c1. The van der Waals surface area contributed by atoms with Gasteiger partial charge in [0, 0.05) is 29.4 Å². The van der Waals surface area contributed by atoms with Gasteiger partial charge < -0.3 is 9.80 Å². The fraction of sp³-hybridized carbons (Fsp3) is 0.222. The summed E-state index contributed by atoms with van der Waals surface area (Å²) >= 11 is 5.93. The fourth-order valence-electron chi connectivity index (χ4n) is 2.81. The minimum absolute atomic E-state index is 0.191. The lowest BCUT2D eigenvalue weighted by Gasteiger charge is -2.39. The van der Waals surface area contributed by atoms with Crippen LogP contribution in [-0.2, 0) is 4.79 Å². The lowest BCUT2D eigenvalue weighted by Crippen LogP contribution is -2.57. The molecule has 0 unspecified atom stereocenters. The number of carbonyl (C=O) groups is 2. The van der Waals surface area contributed by atoms with Crippen molar-refractivity contribution in [3.63, 3.8) is 0 Å². The van der Waals surface area contributed by atoms with Crippen LogP contribution in [0, 0.1) is 5.82 Å². The molecule has 1 aliphatic heterocycles. The van der Waals surface area contributed by atoms with Crippen molar-refractivity contribution in [2.24, 2.45) is 0 Å². The number of amides is 2. The highest BCUT2D eigenvalue weighted by Gasteiger charge is 2.35. The zero-order valence-electron chi connectivity index (χ0n) is 13.1. The van der Waals surface area contributed by atoms with Crippen LogP contribution in [0.2, 0.25) is 5.02 Å². The molecule has 0 aliphatic carbocycles. The van der Waals surface area contributed by atoms with E-state index >= 15 is 0 Å². The lowest BCUT2D eigenvalue weighted by molar-refractivity contribution is -0.124. The molecule has 6 heteroatoms. The number of nitrogens with zero attached hydrogens (tertiary/aromatic N) is 2. The van der Waals surface area contributed by atoms with E-state index in [1.54, 1.807) is 48.2 Å². The van der Waals surface area contributed by atoms with E-state index in [1.165, 1.54) is 17.0 Å². The van der Waals surface area contributed by atoms with Crippen molar-refractivity contribution < 1.29 is 14.0 Å². The maximum absolute atomic E-state index is 13.0. The number of benzene rings is 2. The molecule has 1 aliphatic rings. The molecule has 0 bridgehead atoms. The first-order valence-electron chi connectivity index (χ1n) is 7.61. The molecule has 0 N–H and O–H groups in total. The van der Waals surface area contributed by atoms with Crippen molar-refractivity contribution in [2.45, 2.75) is 13.0 Å². The van der Waals surface area contributed by atoms with Gasteiger partial charge in [-0.25, -0.2) is 4.39 Å². The van der Waals surface area contributed by atoms with Crippen LogP contribution in [0.4, 0.5) is 10.1 Å². The Bertz CT molecular complexity index is 779. The molecular weight excluding hydrogens is 331 g/mol. The molecule has 1 saturated heterocycles. The van der Waals surface area contributed by atoms with E-state index in [4.69, 9.17) is 11.6 Å². The van der Waals surface area contributed by atoms with Crippen LogP contribution >= 0.6 is 11.6 Å². The van der Waals surface area contributed by atoms with Crippen molar-refractivity contribution in [3.05, 3.63) is 64.9 Å². The monoisotopic (exact) mass is 346 g/mol. The Morgan fingerprint density at radius 1 is 1.17 bits per heavy atom. The van der Waals surface area contributed by atoms with Gasteiger partial charge in [0.1, 0.15) is 11.9 Å². The van der Waals surface area contributed by atoms with Gasteiger partial charge in [0.05, 0.1) is 0 Å². The van der Waals surface area contributed by atoms with E-state index in [2.05, 4.69) is 0 Å². The van der Waals surface area contributed by atoms with E-state index < -0.39 is 6.04 Å².